The van der Waals surface area contributed by atoms with Crippen LogP contribution in [0.4, 0.5) is 0 Å². The van der Waals surface area contributed by atoms with E-state index in [4.69, 9.17) is 16.3 Å². The highest BCUT2D eigenvalue weighted by Gasteiger charge is 2.33. The van der Waals surface area contributed by atoms with E-state index in [1.54, 1.807) is 28.4 Å². The Labute approximate surface area is 174 Å². The quantitative estimate of drug-likeness (QED) is 0.704. The Balaban J connectivity index is 1.77. The average Bonchev–Trinajstić information content (AvgIpc) is 3.13. The Morgan fingerprint density at radius 2 is 2.00 bits per heavy atom. The highest BCUT2D eigenvalue weighted by molar-refractivity contribution is 7.10. The molecule has 1 aromatic heterocycles. The molecule has 0 unspecified atom stereocenters. The van der Waals surface area contributed by atoms with E-state index in [1.165, 1.54) is 11.8 Å². The van der Waals surface area contributed by atoms with Gasteiger partial charge in [-0.25, -0.2) is 0 Å². The maximum Gasteiger partial charge on any atom is 0.242 e. The second kappa shape index (κ2) is 8.97. The van der Waals surface area contributed by atoms with Gasteiger partial charge in [0.2, 0.25) is 11.8 Å². The number of thiophene rings is 1. The number of hydrogen-bond donors (Lipinski definition) is 0. The van der Waals surface area contributed by atoms with Crippen LogP contribution in [0.1, 0.15) is 37.3 Å². The second-order valence-electron chi connectivity index (χ2n) is 7.16. The molecule has 2 aromatic rings. The van der Waals surface area contributed by atoms with Gasteiger partial charge in [-0.2, -0.15) is 0 Å². The molecule has 1 atom stereocenters. The Hall–Kier alpha value is -2.05. The molecule has 0 saturated heterocycles. The van der Waals surface area contributed by atoms with E-state index in [1.807, 2.05) is 30.9 Å². The van der Waals surface area contributed by atoms with E-state index < -0.39 is 0 Å². The van der Waals surface area contributed by atoms with Gasteiger partial charge in [0, 0.05) is 29.4 Å². The van der Waals surface area contributed by atoms with E-state index >= 15 is 0 Å². The Kier molecular flexibility index (Phi) is 6.62. The first kappa shape index (κ1) is 20.7. The van der Waals surface area contributed by atoms with Gasteiger partial charge < -0.3 is 14.5 Å². The van der Waals surface area contributed by atoms with Crippen molar-refractivity contribution in [3.05, 3.63) is 51.2 Å². The molecule has 28 heavy (non-hydrogen) atoms. The number of fused-ring (bicyclic) bond motifs is 1. The molecule has 2 amide bonds. The minimum atomic E-state index is -0.167. The summed E-state index contributed by atoms with van der Waals surface area (Å²) in [6.45, 7) is 6.42. The van der Waals surface area contributed by atoms with Gasteiger partial charge in [0.25, 0.3) is 0 Å². The van der Waals surface area contributed by atoms with Gasteiger partial charge in [0.15, 0.2) is 0 Å². The van der Waals surface area contributed by atoms with Gasteiger partial charge >= 0.3 is 0 Å². The lowest BCUT2D eigenvalue weighted by atomic mass is 10.0. The van der Waals surface area contributed by atoms with Gasteiger partial charge in [0.1, 0.15) is 12.4 Å². The molecule has 1 aliphatic heterocycles. The number of carbonyl (C=O) groups excluding carboxylic acids is 2. The van der Waals surface area contributed by atoms with E-state index in [9.17, 15) is 9.59 Å². The first-order valence-corrected chi connectivity index (χ1v) is 10.6. The molecular weight excluding hydrogens is 396 g/mol. The largest absolute Gasteiger partial charge is 0.491 e. The van der Waals surface area contributed by atoms with E-state index in [-0.39, 0.29) is 30.4 Å². The van der Waals surface area contributed by atoms with Crippen molar-refractivity contribution < 1.29 is 14.3 Å². The molecule has 0 bridgehead atoms. The number of carbonyl (C=O) groups is 2. The van der Waals surface area contributed by atoms with Gasteiger partial charge in [-0.15, -0.1) is 11.3 Å². The molecule has 0 spiro atoms. The fourth-order valence-corrected chi connectivity index (χ4v) is 4.53. The molecule has 1 aromatic carbocycles. The molecule has 0 aliphatic carbocycles. The molecule has 5 nitrogen and oxygen atoms in total. The molecule has 0 fully saturated rings. The maximum atomic E-state index is 13.1. The van der Waals surface area contributed by atoms with Crippen molar-refractivity contribution >= 4 is 34.8 Å². The normalized spacial score (nSPS) is 16.0. The third kappa shape index (κ3) is 4.67. The topological polar surface area (TPSA) is 49.9 Å². The Morgan fingerprint density at radius 3 is 2.64 bits per heavy atom. The highest BCUT2D eigenvalue weighted by Crippen LogP contribution is 2.34. The molecule has 0 saturated carbocycles. The summed E-state index contributed by atoms with van der Waals surface area (Å²) in [4.78, 5) is 29.7. The van der Waals surface area contributed by atoms with Crippen LogP contribution < -0.4 is 4.74 Å². The summed E-state index contributed by atoms with van der Waals surface area (Å²) in [5.74, 6) is 0.572. The number of hydrogen-bond acceptors (Lipinski definition) is 4. The van der Waals surface area contributed by atoms with Crippen molar-refractivity contribution in [2.24, 2.45) is 0 Å². The van der Waals surface area contributed by atoms with Crippen LogP contribution in [0.25, 0.3) is 0 Å². The van der Waals surface area contributed by atoms with Crippen LogP contribution in [-0.2, 0) is 16.0 Å². The third-order valence-electron chi connectivity index (χ3n) is 4.97. The molecule has 150 valence electrons. The van der Waals surface area contributed by atoms with E-state index in [0.29, 0.717) is 23.9 Å². The van der Waals surface area contributed by atoms with Crippen LogP contribution >= 0.6 is 22.9 Å². The van der Waals surface area contributed by atoms with Gasteiger partial charge in [-0.3, -0.25) is 9.59 Å². The maximum absolute atomic E-state index is 13.1. The van der Waals surface area contributed by atoms with Gasteiger partial charge in [-0.05, 0) is 61.5 Å². The smallest absolute Gasteiger partial charge is 0.242 e. The molecule has 3 rings (SSSR count). The second-order valence-corrected chi connectivity index (χ2v) is 8.59. The zero-order valence-electron chi connectivity index (χ0n) is 16.4. The first-order valence-electron chi connectivity index (χ1n) is 9.38. The van der Waals surface area contributed by atoms with Crippen molar-refractivity contribution in [3.63, 3.8) is 0 Å². The first-order chi connectivity index (χ1) is 13.4. The van der Waals surface area contributed by atoms with Crippen LogP contribution in [0.3, 0.4) is 0 Å². The zero-order chi connectivity index (χ0) is 20.3. The van der Waals surface area contributed by atoms with E-state index in [0.717, 1.165) is 12.0 Å². The predicted molar refractivity (Wildman–Crippen MR) is 112 cm³/mol. The monoisotopic (exact) mass is 420 g/mol. The summed E-state index contributed by atoms with van der Waals surface area (Å²) >= 11 is 7.65. The van der Waals surface area contributed by atoms with Crippen LogP contribution in [0.2, 0.25) is 5.02 Å². The summed E-state index contributed by atoms with van der Waals surface area (Å²) < 4.78 is 5.98. The molecule has 1 aliphatic rings. The minimum absolute atomic E-state index is 0.0216. The van der Waals surface area contributed by atoms with E-state index in [2.05, 4.69) is 11.4 Å². The molecule has 7 heteroatoms. The van der Waals surface area contributed by atoms with Crippen LogP contribution in [0, 0.1) is 0 Å². The number of amides is 2. The molecule has 0 radical (unpaired) electrons. The van der Waals surface area contributed by atoms with Crippen molar-refractivity contribution in [3.8, 4) is 5.75 Å². The fraction of sp³-hybridized carbons (Fsp3) is 0.429. The van der Waals surface area contributed by atoms with Crippen LogP contribution in [0.15, 0.2) is 35.7 Å². The number of nitrogens with zero attached hydrogens (tertiary/aromatic N) is 2. The van der Waals surface area contributed by atoms with Crippen molar-refractivity contribution in [2.75, 3.05) is 19.7 Å². The average molecular weight is 421 g/mol. The van der Waals surface area contributed by atoms with Crippen LogP contribution in [0.5, 0.6) is 5.75 Å². The number of ether oxygens (including phenoxy) is 1. The van der Waals surface area contributed by atoms with Gasteiger partial charge in [0.05, 0.1) is 12.6 Å². The summed E-state index contributed by atoms with van der Waals surface area (Å²) in [7, 11) is 0. The lowest BCUT2D eigenvalue weighted by Gasteiger charge is -2.37. The van der Waals surface area contributed by atoms with Crippen LogP contribution in [-0.4, -0.2) is 47.4 Å². The predicted octanol–water partition coefficient (Wildman–Crippen LogP) is 4.16. The van der Waals surface area contributed by atoms with Crippen molar-refractivity contribution in [2.45, 2.75) is 39.3 Å². The third-order valence-corrected chi connectivity index (χ3v) is 6.22. The van der Waals surface area contributed by atoms with Crippen molar-refractivity contribution in [1.82, 2.24) is 9.80 Å². The molecule has 2 heterocycles. The highest BCUT2D eigenvalue weighted by atomic mass is 35.5. The number of halogens is 1. The lowest BCUT2D eigenvalue weighted by Crippen LogP contribution is -2.49. The summed E-state index contributed by atoms with van der Waals surface area (Å²) in [6.07, 6.45) is 0.831. The Morgan fingerprint density at radius 1 is 1.29 bits per heavy atom. The fourth-order valence-electron chi connectivity index (χ4n) is 3.47. The lowest BCUT2D eigenvalue weighted by molar-refractivity contribution is -0.143. The van der Waals surface area contributed by atoms with Gasteiger partial charge in [-0.1, -0.05) is 11.6 Å². The Bertz CT molecular complexity index is 834. The summed E-state index contributed by atoms with van der Waals surface area (Å²) in [6, 6.07) is 9.09. The standard InChI is InChI=1S/C21H25ClN2O3S/c1-14(2)24(15(3)25)12-21(26)23-10-8-20-18(9-11-28-20)19(23)13-27-17-6-4-16(22)5-7-17/h4-7,9,11,14,19H,8,10,12-13H2,1-3H3/t19-/m0/s1. The minimum Gasteiger partial charge on any atom is -0.491 e. The SMILES string of the molecule is CC(=O)N(CC(=O)N1CCc2sccc2[C@@H]1COc1ccc(Cl)cc1)C(C)C. The molecular formula is C21H25ClN2O3S. The summed E-state index contributed by atoms with van der Waals surface area (Å²) in [5, 5.41) is 2.71. The number of rotatable bonds is 6. The summed E-state index contributed by atoms with van der Waals surface area (Å²) in [5.41, 5.74) is 1.14. The molecule has 0 N–H and O–H groups in total. The number of benzene rings is 1. The zero-order valence-corrected chi connectivity index (χ0v) is 17.9. The van der Waals surface area contributed by atoms with Crippen molar-refractivity contribution in [1.29, 1.82) is 0 Å².